The first-order valence-corrected chi connectivity index (χ1v) is 10.4. The molecule has 2 N–H and O–H groups in total. The third-order valence-corrected chi connectivity index (χ3v) is 5.26. The number of benzene rings is 2. The maximum Gasteiger partial charge on any atom is 0.344 e. The van der Waals surface area contributed by atoms with E-state index in [1.165, 1.54) is 0 Å². The Morgan fingerprint density at radius 1 is 1.16 bits per heavy atom. The van der Waals surface area contributed by atoms with Crippen LogP contribution in [0.5, 0.6) is 5.75 Å². The monoisotopic (exact) mass is 459 g/mol. The van der Waals surface area contributed by atoms with E-state index >= 15 is 0 Å². The van der Waals surface area contributed by atoms with E-state index in [0.29, 0.717) is 26.9 Å². The molecule has 1 aliphatic heterocycles. The molecule has 2 aromatic carbocycles. The lowest BCUT2D eigenvalue weighted by Gasteiger charge is -2.07. The molecule has 2 aromatic rings. The van der Waals surface area contributed by atoms with Crippen molar-refractivity contribution in [2.24, 2.45) is 4.99 Å². The first kappa shape index (κ1) is 22.5. The van der Waals surface area contributed by atoms with Gasteiger partial charge in [-0.3, -0.25) is 0 Å². The van der Waals surface area contributed by atoms with Gasteiger partial charge in [0.15, 0.2) is 6.61 Å². The molecule has 0 aliphatic carbocycles. The zero-order valence-electron chi connectivity index (χ0n) is 16.4. The molecule has 0 amide bonds. The van der Waals surface area contributed by atoms with Crippen molar-refractivity contribution in [2.45, 2.75) is 6.92 Å². The number of halogens is 1. The summed E-state index contributed by atoms with van der Waals surface area (Å²) >= 11 is 7.00. The first-order valence-electron chi connectivity index (χ1n) is 9.17. The number of hydrogen-bond acceptors (Lipinski definition) is 7. The Balaban J connectivity index is 2.01. The molecule has 0 fully saturated rings. The highest BCUT2D eigenvalue weighted by Crippen LogP contribution is 2.41. The van der Waals surface area contributed by atoms with E-state index in [2.05, 4.69) is 4.99 Å². The van der Waals surface area contributed by atoms with E-state index in [-0.39, 0.29) is 23.0 Å². The van der Waals surface area contributed by atoms with Gasteiger partial charge in [-0.15, -0.1) is 0 Å². The van der Waals surface area contributed by atoms with E-state index in [1.54, 1.807) is 61.5 Å². The Kier molecular flexibility index (Phi) is 7.38. The van der Waals surface area contributed by atoms with Crippen molar-refractivity contribution in [2.75, 3.05) is 13.2 Å². The molecule has 0 spiro atoms. The summed E-state index contributed by atoms with van der Waals surface area (Å²) in [6, 6.07) is 13.5. The number of carboxylic acid groups (broad SMARTS) is 1. The highest BCUT2D eigenvalue weighted by Gasteiger charge is 2.33. The van der Waals surface area contributed by atoms with E-state index in [4.69, 9.17) is 26.2 Å². The summed E-state index contributed by atoms with van der Waals surface area (Å²) < 4.78 is 10.4. The second kappa shape index (κ2) is 10.2. The van der Waals surface area contributed by atoms with Crippen molar-refractivity contribution < 1.29 is 29.3 Å². The number of aliphatic carboxylic acids is 1. The number of nitrogens with zero attached hydrogens (tertiary/aromatic N) is 1. The maximum absolute atomic E-state index is 12.5. The number of aliphatic hydroxyl groups is 1. The van der Waals surface area contributed by atoms with Gasteiger partial charge in [-0.1, -0.05) is 41.6 Å². The fourth-order valence-corrected chi connectivity index (χ4v) is 3.79. The van der Waals surface area contributed by atoms with Crippen LogP contribution in [0.4, 0.5) is 5.69 Å². The molecular weight excluding hydrogens is 442 g/mol. The summed E-state index contributed by atoms with van der Waals surface area (Å²) in [6.45, 7) is 1.30. The zero-order valence-corrected chi connectivity index (χ0v) is 17.9. The van der Waals surface area contributed by atoms with Crippen molar-refractivity contribution in [3.63, 3.8) is 0 Å². The van der Waals surface area contributed by atoms with E-state index < -0.39 is 18.5 Å². The standard InChI is InChI=1S/C22H18ClNO6S/c1-2-29-22(28)19-20(27)17(31-21(19)24-15-9-7-14(23)8-10-15)11-13-5-3-4-6-16(13)30-12-18(25)26/h3-11,27H,2,12H2,1H3,(H,25,26)/b17-11+,24-21?. The molecule has 0 saturated carbocycles. The van der Waals surface area contributed by atoms with Crippen LogP contribution in [0.15, 0.2) is 69.8 Å². The van der Waals surface area contributed by atoms with Crippen LogP contribution in [0.3, 0.4) is 0 Å². The number of aliphatic hydroxyl groups excluding tert-OH is 1. The first-order chi connectivity index (χ1) is 14.9. The molecule has 1 aliphatic rings. The van der Waals surface area contributed by atoms with Crippen LogP contribution in [0.2, 0.25) is 5.02 Å². The van der Waals surface area contributed by atoms with Gasteiger partial charge in [0.1, 0.15) is 22.1 Å². The number of hydrogen-bond donors (Lipinski definition) is 2. The van der Waals surface area contributed by atoms with Crippen LogP contribution < -0.4 is 4.74 Å². The van der Waals surface area contributed by atoms with Gasteiger partial charge in [-0.05, 0) is 43.3 Å². The maximum atomic E-state index is 12.5. The van der Waals surface area contributed by atoms with Gasteiger partial charge in [-0.2, -0.15) is 0 Å². The Morgan fingerprint density at radius 2 is 1.87 bits per heavy atom. The second-order valence-corrected chi connectivity index (χ2v) is 7.64. The highest BCUT2D eigenvalue weighted by molar-refractivity contribution is 8.18. The van der Waals surface area contributed by atoms with Gasteiger partial charge in [0, 0.05) is 10.6 Å². The van der Waals surface area contributed by atoms with Gasteiger partial charge in [-0.25, -0.2) is 14.6 Å². The third kappa shape index (κ3) is 5.68. The number of aliphatic imine (C=N–C) groups is 1. The number of carbonyl (C=O) groups is 2. The van der Waals surface area contributed by atoms with Crippen molar-refractivity contribution in [3.8, 4) is 5.75 Å². The molecule has 31 heavy (non-hydrogen) atoms. The Hall–Kier alpha value is -3.23. The molecule has 0 radical (unpaired) electrons. The van der Waals surface area contributed by atoms with Crippen molar-refractivity contribution in [1.29, 1.82) is 0 Å². The summed E-state index contributed by atoms with van der Waals surface area (Å²) in [4.78, 5) is 28.1. The third-order valence-electron chi connectivity index (χ3n) is 3.98. The number of ether oxygens (including phenoxy) is 2. The van der Waals surface area contributed by atoms with E-state index in [0.717, 1.165) is 11.8 Å². The Morgan fingerprint density at radius 3 is 2.55 bits per heavy atom. The minimum atomic E-state index is -1.11. The quantitative estimate of drug-likeness (QED) is 0.561. The highest BCUT2D eigenvalue weighted by atomic mass is 35.5. The smallest absolute Gasteiger partial charge is 0.344 e. The minimum absolute atomic E-state index is 0.0445. The normalized spacial score (nSPS) is 16.1. The van der Waals surface area contributed by atoms with Crippen LogP contribution in [0.1, 0.15) is 12.5 Å². The summed E-state index contributed by atoms with van der Waals surface area (Å²) in [5, 5.41) is 20.4. The van der Waals surface area contributed by atoms with Crippen LogP contribution >= 0.6 is 23.4 Å². The zero-order chi connectivity index (χ0) is 22.4. The molecule has 0 saturated heterocycles. The minimum Gasteiger partial charge on any atom is -0.506 e. The molecule has 9 heteroatoms. The molecule has 0 aromatic heterocycles. The second-order valence-electron chi connectivity index (χ2n) is 6.17. The van der Waals surface area contributed by atoms with Gasteiger partial charge in [0.05, 0.1) is 17.2 Å². The van der Waals surface area contributed by atoms with Crippen LogP contribution in [0, 0.1) is 0 Å². The molecule has 0 atom stereocenters. The number of carboxylic acids is 1. The van der Waals surface area contributed by atoms with Gasteiger partial charge < -0.3 is 19.7 Å². The van der Waals surface area contributed by atoms with Crippen LogP contribution in [-0.2, 0) is 14.3 Å². The number of carbonyl (C=O) groups excluding carboxylic acids is 1. The van der Waals surface area contributed by atoms with Crippen LogP contribution in [0.25, 0.3) is 6.08 Å². The van der Waals surface area contributed by atoms with Crippen molar-refractivity contribution in [3.05, 3.63) is 75.4 Å². The predicted octanol–water partition coefficient (Wildman–Crippen LogP) is 5.00. The average molecular weight is 460 g/mol. The lowest BCUT2D eigenvalue weighted by atomic mass is 10.1. The summed E-state index contributed by atoms with van der Waals surface area (Å²) in [7, 11) is 0. The fourth-order valence-electron chi connectivity index (χ4n) is 2.64. The molecule has 0 unspecified atom stereocenters. The van der Waals surface area contributed by atoms with E-state index in [9.17, 15) is 14.7 Å². The number of rotatable bonds is 7. The van der Waals surface area contributed by atoms with Gasteiger partial charge >= 0.3 is 11.9 Å². The Labute approximate surface area is 187 Å². The predicted molar refractivity (Wildman–Crippen MR) is 120 cm³/mol. The Bertz CT molecular complexity index is 1090. The summed E-state index contributed by atoms with van der Waals surface area (Å²) in [5.74, 6) is -1.75. The summed E-state index contributed by atoms with van der Waals surface area (Å²) in [5.41, 5.74) is 1.04. The van der Waals surface area contributed by atoms with Crippen molar-refractivity contribution >= 4 is 52.1 Å². The molecule has 3 rings (SSSR count). The lowest BCUT2D eigenvalue weighted by Crippen LogP contribution is -2.12. The SMILES string of the molecule is CCOC(=O)C1=C(O)/C(=C\c2ccccc2OCC(=O)O)SC1=Nc1ccc(Cl)cc1. The largest absolute Gasteiger partial charge is 0.506 e. The number of thioether (sulfide) groups is 1. The molecule has 160 valence electrons. The van der Waals surface area contributed by atoms with Crippen molar-refractivity contribution in [1.82, 2.24) is 0 Å². The molecule has 1 heterocycles. The topological polar surface area (TPSA) is 105 Å². The van der Waals surface area contributed by atoms with Crippen LogP contribution in [-0.4, -0.2) is 40.4 Å². The van der Waals surface area contributed by atoms with E-state index in [1.807, 2.05) is 0 Å². The molecular formula is C22H18ClNO6S. The molecule has 7 nitrogen and oxygen atoms in total. The summed E-state index contributed by atoms with van der Waals surface area (Å²) in [6.07, 6.45) is 1.60. The number of esters is 1. The number of para-hydroxylation sites is 1. The fraction of sp³-hybridized carbons (Fsp3) is 0.136. The molecule has 0 bridgehead atoms. The lowest BCUT2D eigenvalue weighted by molar-refractivity contribution is -0.139. The average Bonchev–Trinajstić information content (AvgIpc) is 3.04. The van der Waals surface area contributed by atoms with Gasteiger partial charge in [0.2, 0.25) is 0 Å². The van der Waals surface area contributed by atoms with Gasteiger partial charge in [0.25, 0.3) is 0 Å².